The molecule has 1 unspecified atom stereocenters. The van der Waals surface area contributed by atoms with E-state index in [0.717, 1.165) is 25.3 Å². The number of rotatable bonds is 7. The fourth-order valence-corrected chi connectivity index (χ4v) is 2.50. The van der Waals surface area contributed by atoms with Gasteiger partial charge in [-0.3, -0.25) is 0 Å². The Labute approximate surface area is 138 Å². The summed E-state index contributed by atoms with van der Waals surface area (Å²) in [6.45, 7) is 5.53. The summed E-state index contributed by atoms with van der Waals surface area (Å²) in [6.07, 6.45) is 1.75. The Morgan fingerprint density at radius 3 is 2.55 bits per heavy atom. The Morgan fingerprint density at radius 1 is 1.32 bits per heavy atom. The predicted molar refractivity (Wildman–Crippen MR) is 89.8 cm³/mol. The zero-order valence-corrected chi connectivity index (χ0v) is 13.8. The molecular formula is C16H25ClN2O3. The standard InChI is InChI=1S/C16H24N2O3.ClH/c1-2-17-14-7-5-13(6-8-14)16(20)21-12-15(19)11-18-9-3-4-10-18;/h5-8,15,17,19H,2-4,9-12H2,1H3;1H. The van der Waals surface area contributed by atoms with Gasteiger partial charge in [0.05, 0.1) is 5.56 Å². The molecule has 0 saturated carbocycles. The summed E-state index contributed by atoms with van der Waals surface area (Å²) in [5, 5.41) is 13.1. The number of ether oxygens (including phenoxy) is 1. The molecule has 6 heteroatoms. The highest BCUT2D eigenvalue weighted by atomic mass is 35.5. The van der Waals surface area contributed by atoms with Gasteiger partial charge >= 0.3 is 5.97 Å². The molecule has 5 nitrogen and oxygen atoms in total. The highest BCUT2D eigenvalue weighted by Gasteiger charge is 2.17. The maximum absolute atomic E-state index is 11.9. The fraction of sp³-hybridized carbons (Fsp3) is 0.562. The Hall–Kier alpha value is -1.30. The molecule has 0 radical (unpaired) electrons. The number of hydrogen-bond acceptors (Lipinski definition) is 5. The van der Waals surface area contributed by atoms with Crippen molar-refractivity contribution in [3.63, 3.8) is 0 Å². The summed E-state index contributed by atoms with van der Waals surface area (Å²) < 4.78 is 5.16. The van der Waals surface area contributed by atoms with E-state index >= 15 is 0 Å². The van der Waals surface area contributed by atoms with Crippen molar-refractivity contribution >= 4 is 24.1 Å². The third kappa shape index (κ3) is 5.83. The van der Waals surface area contributed by atoms with Gasteiger partial charge in [0.25, 0.3) is 0 Å². The third-order valence-corrected chi connectivity index (χ3v) is 3.58. The van der Waals surface area contributed by atoms with Gasteiger partial charge in [0.15, 0.2) is 0 Å². The lowest BCUT2D eigenvalue weighted by atomic mass is 10.2. The second kappa shape index (κ2) is 9.66. The largest absolute Gasteiger partial charge is 0.459 e. The van der Waals surface area contributed by atoms with Gasteiger partial charge in [-0.2, -0.15) is 0 Å². The van der Waals surface area contributed by atoms with Crippen LogP contribution in [0.4, 0.5) is 5.69 Å². The van der Waals surface area contributed by atoms with Crippen LogP contribution >= 0.6 is 12.4 Å². The van der Waals surface area contributed by atoms with Gasteiger partial charge in [-0.05, 0) is 57.1 Å². The van der Waals surface area contributed by atoms with Crippen molar-refractivity contribution in [3.05, 3.63) is 29.8 Å². The zero-order valence-electron chi connectivity index (χ0n) is 13.0. The number of carbonyl (C=O) groups is 1. The summed E-state index contributed by atoms with van der Waals surface area (Å²) in [5.74, 6) is -0.390. The summed E-state index contributed by atoms with van der Waals surface area (Å²) in [4.78, 5) is 14.1. The Morgan fingerprint density at radius 2 is 1.95 bits per heavy atom. The summed E-state index contributed by atoms with van der Waals surface area (Å²) in [6, 6.07) is 7.15. The maximum Gasteiger partial charge on any atom is 0.338 e. The van der Waals surface area contributed by atoms with Crippen LogP contribution in [-0.4, -0.2) is 54.9 Å². The molecule has 124 valence electrons. The van der Waals surface area contributed by atoms with Crippen LogP contribution in [0.15, 0.2) is 24.3 Å². The third-order valence-electron chi connectivity index (χ3n) is 3.58. The molecule has 1 heterocycles. The molecule has 2 N–H and O–H groups in total. The lowest BCUT2D eigenvalue weighted by Gasteiger charge is -2.19. The first-order chi connectivity index (χ1) is 10.2. The van der Waals surface area contributed by atoms with Crippen molar-refractivity contribution in [3.8, 4) is 0 Å². The van der Waals surface area contributed by atoms with Crippen molar-refractivity contribution in [2.24, 2.45) is 0 Å². The Balaban J connectivity index is 0.00000242. The monoisotopic (exact) mass is 328 g/mol. The first-order valence-electron chi connectivity index (χ1n) is 7.60. The molecule has 0 aliphatic carbocycles. The molecule has 1 saturated heterocycles. The van der Waals surface area contributed by atoms with Gasteiger partial charge in [-0.25, -0.2) is 4.79 Å². The molecule has 22 heavy (non-hydrogen) atoms. The number of esters is 1. The average molecular weight is 329 g/mol. The number of likely N-dealkylation sites (tertiary alicyclic amines) is 1. The minimum atomic E-state index is -0.618. The van der Waals surface area contributed by atoms with Crippen LogP contribution in [0.25, 0.3) is 0 Å². The fourth-order valence-electron chi connectivity index (χ4n) is 2.50. The highest BCUT2D eigenvalue weighted by Crippen LogP contribution is 2.11. The maximum atomic E-state index is 11.9. The quantitative estimate of drug-likeness (QED) is 0.751. The normalized spacial score (nSPS) is 15.9. The van der Waals surface area contributed by atoms with Crippen LogP contribution < -0.4 is 5.32 Å². The lowest BCUT2D eigenvalue weighted by molar-refractivity contribution is 0.0178. The second-order valence-electron chi connectivity index (χ2n) is 5.37. The van der Waals surface area contributed by atoms with Crippen molar-refractivity contribution in [1.82, 2.24) is 4.90 Å². The number of β-amino-alcohol motifs (C(OH)–C–C–N with tert-alkyl or cyclic N) is 1. The number of nitrogens with zero attached hydrogens (tertiary/aromatic N) is 1. The Bertz CT molecular complexity index is 447. The number of nitrogens with one attached hydrogen (secondary N) is 1. The molecule has 0 aromatic heterocycles. The van der Waals surface area contributed by atoms with Crippen LogP contribution in [0.1, 0.15) is 30.1 Å². The van der Waals surface area contributed by atoms with Gasteiger partial charge < -0.3 is 20.1 Å². The van der Waals surface area contributed by atoms with E-state index in [9.17, 15) is 9.90 Å². The molecule has 0 amide bonds. The van der Waals surface area contributed by atoms with E-state index in [1.54, 1.807) is 12.1 Å². The van der Waals surface area contributed by atoms with Crippen LogP contribution in [0.5, 0.6) is 0 Å². The minimum absolute atomic E-state index is 0. The van der Waals surface area contributed by atoms with E-state index in [2.05, 4.69) is 10.2 Å². The highest BCUT2D eigenvalue weighted by molar-refractivity contribution is 5.89. The summed E-state index contributed by atoms with van der Waals surface area (Å²) >= 11 is 0. The smallest absolute Gasteiger partial charge is 0.338 e. The van der Waals surface area contributed by atoms with E-state index in [1.165, 1.54) is 12.8 Å². The first kappa shape index (κ1) is 18.7. The van der Waals surface area contributed by atoms with E-state index < -0.39 is 12.1 Å². The average Bonchev–Trinajstić information content (AvgIpc) is 2.99. The number of benzene rings is 1. The summed E-state index contributed by atoms with van der Waals surface area (Å²) in [5.41, 5.74) is 1.48. The lowest BCUT2D eigenvalue weighted by Crippen LogP contribution is -2.33. The van der Waals surface area contributed by atoms with E-state index in [1.807, 2.05) is 19.1 Å². The van der Waals surface area contributed by atoms with Gasteiger partial charge in [-0.1, -0.05) is 0 Å². The number of aliphatic hydroxyl groups excluding tert-OH is 1. The van der Waals surface area contributed by atoms with Crippen molar-refractivity contribution in [2.75, 3.05) is 38.1 Å². The SMILES string of the molecule is CCNc1ccc(C(=O)OCC(O)CN2CCCC2)cc1.Cl. The van der Waals surface area contributed by atoms with Gasteiger partial charge in [0.1, 0.15) is 12.7 Å². The first-order valence-corrected chi connectivity index (χ1v) is 7.60. The van der Waals surface area contributed by atoms with Crippen LogP contribution in [0, 0.1) is 0 Å². The van der Waals surface area contributed by atoms with E-state index in [4.69, 9.17) is 4.74 Å². The van der Waals surface area contributed by atoms with Crippen molar-refractivity contribution < 1.29 is 14.6 Å². The number of anilines is 1. The van der Waals surface area contributed by atoms with Crippen molar-refractivity contribution in [1.29, 1.82) is 0 Å². The van der Waals surface area contributed by atoms with Crippen LogP contribution in [0.2, 0.25) is 0 Å². The number of aliphatic hydroxyl groups is 1. The minimum Gasteiger partial charge on any atom is -0.459 e. The van der Waals surface area contributed by atoms with Crippen LogP contribution in [0.3, 0.4) is 0 Å². The van der Waals surface area contributed by atoms with Gasteiger partial charge in [-0.15, -0.1) is 12.4 Å². The molecule has 1 atom stereocenters. The van der Waals surface area contributed by atoms with E-state index in [0.29, 0.717) is 12.1 Å². The molecule has 1 aliphatic rings. The van der Waals surface area contributed by atoms with Gasteiger partial charge in [0, 0.05) is 18.8 Å². The Kier molecular flexibility index (Phi) is 8.24. The molecule has 0 spiro atoms. The molecule has 1 aromatic rings. The second-order valence-corrected chi connectivity index (χ2v) is 5.37. The number of hydrogen-bond donors (Lipinski definition) is 2. The van der Waals surface area contributed by atoms with Crippen molar-refractivity contribution in [2.45, 2.75) is 25.9 Å². The zero-order chi connectivity index (χ0) is 15.1. The molecular weight excluding hydrogens is 304 g/mol. The molecule has 1 fully saturated rings. The number of carbonyl (C=O) groups excluding carboxylic acids is 1. The van der Waals surface area contributed by atoms with Crippen LogP contribution in [-0.2, 0) is 4.74 Å². The molecule has 1 aliphatic heterocycles. The summed E-state index contributed by atoms with van der Waals surface area (Å²) in [7, 11) is 0. The molecule has 1 aromatic carbocycles. The molecule has 2 rings (SSSR count). The molecule has 0 bridgehead atoms. The van der Waals surface area contributed by atoms with E-state index in [-0.39, 0.29) is 19.0 Å². The van der Waals surface area contributed by atoms with Gasteiger partial charge in [0.2, 0.25) is 0 Å². The number of halogens is 1. The predicted octanol–water partition coefficient (Wildman–Crippen LogP) is 2.15. The topological polar surface area (TPSA) is 61.8 Å².